The smallest absolute Gasteiger partial charge is 0.224 e. The predicted molar refractivity (Wildman–Crippen MR) is 89.5 cm³/mol. The van der Waals surface area contributed by atoms with Crippen LogP contribution in [0.2, 0.25) is 9.36 Å². The average Bonchev–Trinajstić information content (AvgIpc) is 2.91. The SMILES string of the molecule is COc1ccc(NC(=O)CCC(=O)c2ccc(Cl)s2)cc1Cl. The number of rotatable bonds is 6. The largest absolute Gasteiger partial charge is 0.495 e. The molecule has 1 aromatic carbocycles. The Morgan fingerprint density at radius 2 is 1.95 bits per heavy atom. The van der Waals surface area contributed by atoms with Crippen LogP contribution in [0.3, 0.4) is 0 Å². The van der Waals surface area contributed by atoms with Crippen LogP contribution in [0.4, 0.5) is 5.69 Å². The maximum atomic E-state index is 11.9. The Bertz CT molecular complexity index is 700. The molecule has 0 bridgehead atoms. The van der Waals surface area contributed by atoms with E-state index in [1.165, 1.54) is 18.4 Å². The van der Waals surface area contributed by atoms with Crippen LogP contribution in [0.25, 0.3) is 0 Å². The third-order valence-electron chi connectivity index (χ3n) is 2.86. The van der Waals surface area contributed by atoms with E-state index < -0.39 is 0 Å². The molecule has 1 aromatic heterocycles. The molecule has 22 heavy (non-hydrogen) atoms. The summed E-state index contributed by atoms with van der Waals surface area (Å²) in [6, 6.07) is 8.27. The first-order valence-corrected chi connectivity index (χ1v) is 7.99. The van der Waals surface area contributed by atoms with Crippen molar-refractivity contribution in [1.82, 2.24) is 0 Å². The van der Waals surface area contributed by atoms with Crippen molar-refractivity contribution >= 4 is 51.9 Å². The Hall–Kier alpha value is -1.56. The normalized spacial score (nSPS) is 10.3. The molecule has 1 N–H and O–H groups in total. The Morgan fingerprint density at radius 1 is 1.18 bits per heavy atom. The van der Waals surface area contributed by atoms with Crippen molar-refractivity contribution < 1.29 is 14.3 Å². The van der Waals surface area contributed by atoms with E-state index in [1.807, 2.05) is 0 Å². The number of carbonyl (C=O) groups excluding carboxylic acids is 2. The summed E-state index contributed by atoms with van der Waals surface area (Å²) in [6.07, 6.45) is 0.227. The molecule has 0 radical (unpaired) electrons. The zero-order valence-electron chi connectivity index (χ0n) is 11.7. The fourth-order valence-electron chi connectivity index (χ4n) is 1.78. The van der Waals surface area contributed by atoms with Crippen LogP contribution >= 0.6 is 34.5 Å². The van der Waals surface area contributed by atoms with Crippen molar-refractivity contribution in [2.45, 2.75) is 12.8 Å². The molecule has 4 nitrogen and oxygen atoms in total. The molecule has 1 heterocycles. The molecule has 0 fully saturated rings. The fourth-order valence-corrected chi connectivity index (χ4v) is 3.05. The molecule has 2 rings (SSSR count). The van der Waals surface area contributed by atoms with E-state index in [2.05, 4.69) is 5.32 Å². The van der Waals surface area contributed by atoms with Gasteiger partial charge in [-0.3, -0.25) is 9.59 Å². The molecule has 0 atom stereocenters. The van der Waals surface area contributed by atoms with Crippen LogP contribution in [-0.4, -0.2) is 18.8 Å². The second kappa shape index (κ2) is 7.63. The average molecular weight is 358 g/mol. The summed E-state index contributed by atoms with van der Waals surface area (Å²) >= 11 is 13.0. The van der Waals surface area contributed by atoms with Gasteiger partial charge in [-0.05, 0) is 30.3 Å². The number of hydrogen-bond donors (Lipinski definition) is 1. The summed E-state index contributed by atoms with van der Waals surface area (Å²) in [4.78, 5) is 24.3. The Morgan fingerprint density at radius 3 is 2.55 bits per heavy atom. The number of anilines is 1. The number of amides is 1. The van der Waals surface area contributed by atoms with Gasteiger partial charge in [0, 0.05) is 18.5 Å². The van der Waals surface area contributed by atoms with Crippen LogP contribution in [0, 0.1) is 0 Å². The number of methoxy groups -OCH3 is 1. The van der Waals surface area contributed by atoms with E-state index in [0.717, 1.165) is 0 Å². The number of Topliss-reactive ketones (excluding diaryl/α,β-unsaturated/α-hetero) is 1. The molecule has 0 aliphatic carbocycles. The van der Waals surface area contributed by atoms with Gasteiger partial charge in [-0.15, -0.1) is 11.3 Å². The lowest BCUT2D eigenvalue weighted by molar-refractivity contribution is -0.116. The molecule has 0 saturated carbocycles. The van der Waals surface area contributed by atoms with Gasteiger partial charge >= 0.3 is 0 Å². The van der Waals surface area contributed by atoms with Gasteiger partial charge in [0.05, 0.1) is 21.3 Å². The molecule has 0 aliphatic rings. The number of ether oxygens (including phenoxy) is 1. The summed E-state index contributed by atoms with van der Waals surface area (Å²) in [6.45, 7) is 0. The van der Waals surface area contributed by atoms with E-state index in [0.29, 0.717) is 25.7 Å². The van der Waals surface area contributed by atoms with Crippen molar-refractivity contribution in [1.29, 1.82) is 0 Å². The second-order valence-electron chi connectivity index (χ2n) is 4.42. The highest BCUT2D eigenvalue weighted by Gasteiger charge is 2.12. The molecule has 0 aliphatic heterocycles. The molecule has 0 spiro atoms. The molecule has 116 valence electrons. The maximum Gasteiger partial charge on any atom is 0.224 e. The van der Waals surface area contributed by atoms with Gasteiger partial charge in [0.25, 0.3) is 0 Å². The first kappa shape index (κ1) is 16.8. The summed E-state index contributed by atoms with van der Waals surface area (Å²) < 4.78 is 5.59. The van der Waals surface area contributed by atoms with Crippen LogP contribution in [0.1, 0.15) is 22.5 Å². The first-order chi connectivity index (χ1) is 10.5. The quantitative estimate of drug-likeness (QED) is 0.764. The van der Waals surface area contributed by atoms with Crippen LogP contribution in [0.15, 0.2) is 30.3 Å². The zero-order chi connectivity index (χ0) is 16.1. The monoisotopic (exact) mass is 357 g/mol. The molecule has 1 amide bonds. The summed E-state index contributed by atoms with van der Waals surface area (Å²) in [5.74, 6) is 0.182. The van der Waals surface area contributed by atoms with Crippen molar-refractivity contribution in [3.63, 3.8) is 0 Å². The topological polar surface area (TPSA) is 55.4 Å². The molecule has 0 unspecified atom stereocenters. The maximum absolute atomic E-state index is 11.9. The number of ketones is 1. The Labute approximate surface area is 142 Å². The lowest BCUT2D eigenvalue weighted by atomic mass is 10.2. The van der Waals surface area contributed by atoms with Gasteiger partial charge in [-0.25, -0.2) is 0 Å². The van der Waals surface area contributed by atoms with E-state index in [-0.39, 0.29) is 24.5 Å². The van der Waals surface area contributed by atoms with Gasteiger partial charge < -0.3 is 10.1 Å². The number of hydrogen-bond acceptors (Lipinski definition) is 4. The van der Waals surface area contributed by atoms with E-state index >= 15 is 0 Å². The Kier molecular flexibility index (Phi) is 5.83. The number of benzene rings is 1. The number of halogens is 2. The van der Waals surface area contributed by atoms with Gasteiger partial charge in [0.15, 0.2) is 5.78 Å². The third kappa shape index (κ3) is 4.47. The van der Waals surface area contributed by atoms with E-state index in [9.17, 15) is 9.59 Å². The molecule has 2 aromatic rings. The lowest BCUT2D eigenvalue weighted by Gasteiger charge is -2.07. The first-order valence-electron chi connectivity index (χ1n) is 6.41. The highest BCUT2D eigenvalue weighted by atomic mass is 35.5. The minimum atomic E-state index is -0.253. The van der Waals surface area contributed by atoms with E-state index in [1.54, 1.807) is 30.3 Å². The van der Waals surface area contributed by atoms with Gasteiger partial charge in [-0.1, -0.05) is 23.2 Å². The minimum Gasteiger partial charge on any atom is -0.495 e. The second-order valence-corrected chi connectivity index (χ2v) is 6.55. The molecule has 7 heteroatoms. The lowest BCUT2D eigenvalue weighted by Crippen LogP contribution is -2.13. The standard InChI is InChI=1S/C15H13Cl2NO3S/c1-21-12-4-2-9(8-10(12)16)18-15(20)7-3-11(19)13-5-6-14(17)22-13/h2,4-6,8H,3,7H2,1H3,(H,18,20). The van der Waals surface area contributed by atoms with Gasteiger partial charge in [0.2, 0.25) is 5.91 Å². The van der Waals surface area contributed by atoms with Crippen LogP contribution < -0.4 is 10.1 Å². The van der Waals surface area contributed by atoms with Crippen LogP contribution in [0.5, 0.6) is 5.75 Å². The van der Waals surface area contributed by atoms with E-state index in [4.69, 9.17) is 27.9 Å². The minimum absolute atomic E-state index is 0.0952. The molecular weight excluding hydrogens is 345 g/mol. The summed E-state index contributed by atoms with van der Waals surface area (Å²) in [5, 5.41) is 3.10. The Balaban J connectivity index is 1.88. The summed E-state index contributed by atoms with van der Waals surface area (Å²) in [5.41, 5.74) is 0.558. The highest BCUT2D eigenvalue weighted by Crippen LogP contribution is 2.27. The molecular formula is C15H13Cl2NO3S. The van der Waals surface area contributed by atoms with Gasteiger partial charge in [-0.2, -0.15) is 0 Å². The predicted octanol–water partition coefficient (Wildman–Crippen LogP) is 4.67. The number of carbonyl (C=O) groups is 2. The fraction of sp³-hybridized carbons (Fsp3) is 0.200. The van der Waals surface area contributed by atoms with Crippen molar-refractivity contribution in [3.8, 4) is 5.75 Å². The highest BCUT2D eigenvalue weighted by molar-refractivity contribution is 7.18. The van der Waals surface area contributed by atoms with Crippen LogP contribution in [-0.2, 0) is 4.79 Å². The van der Waals surface area contributed by atoms with Crippen molar-refractivity contribution in [3.05, 3.63) is 44.6 Å². The molecule has 0 saturated heterocycles. The van der Waals surface area contributed by atoms with Gasteiger partial charge in [0.1, 0.15) is 5.75 Å². The van der Waals surface area contributed by atoms with Crippen molar-refractivity contribution in [2.75, 3.05) is 12.4 Å². The zero-order valence-corrected chi connectivity index (χ0v) is 14.0. The third-order valence-corrected chi connectivity index (χ3v) is 4.43. The number of thiophene rings is 1. The number of nitrogens with one attached hydrogen (secondary N) is 1. The van der Waals surface area contributed by atoms with Crippen molar-refractivity contribution in [2.24, 2.45) is 0 Å². The summed E-state index contributed by atoms with van der Waals surface area (Å²) in [7, 11) is 1.52.